The zero-order valence-electron chi connectivity index (χ0n) is 17.0. The summed E-state index contributed by atoms with van der Waals surface area (Å²) in [6.45, 7) is 5.48. The second-order valence-electron chi connectivity index (χ2n) is 6.95. The molecule has 0 aromatic heterocycles. The van der Waals surface area contributed by atoms with Crippen LogP contribution in [0.15, 0.2) is 42.5 Å². The number of benzene rings is 2. The molecular formula is C21H25N3O6. The predicted octanol–water partition coefficient (Wildman–Crippen LogP) is 3.31. The smallest absolute Gasteiger partial charge is 0.341 e. The van der Waals surface area contributed by atoms with Crippen molar-refractivity contribution in [3.8, 4) is 0 Å². The highest BCUT2D eigenvalue weighted by atomic mass is 16.6. The lowest BCUT2D eigenvalue weighted by atomic mass is 10.0. The van der Waals surface area contributed by atoms with E-state index in [1.165, 1.54) is 19.1 Å². The Kier molecular flexibility index (Phi) is 7.88. The summed E-state index contributed by atoms with van der Waals surface area (Å²) in [5, 5.41) is 25.5. The van der Waals surface area contributed by atoms with Gasteiger partial charge in [0.1, 0.15) is 0 Å². The maximum absolute atomic E-state index is 12.6. The number of rotatable bonds is 9. The lowest BCUT2D eigenvalue weighted by Gasteiger charge is -2.16. The molecule has 1 amide bonds. The van der Waals surface area contributed by atoms with Crippen LogP contribution < -0.4 is 10.6 Å². The molecule has 0 aliphatic rings. The number of nitro groups is 1. The number of hydrogen-bond acceptors (Lipinski definition) is 7. The molecule has 160 valence electrons. The number of ether oxygens (including phenoxy) is 1. The van der Waals surface area contributed by atoms with Crippen LogP contribution in [0.25, 0.3) is 0 Å². The summed E-state index contributed by atoms with van der Waals surface area (Å²) in [6.07, 6.45) is -1.13. The van der Waals surface area contributed by atoms with Gasteiger partial charge in [-0.25, -0.2) is 4.79 Å². The molecule has 0 spiro atoms. The quantitative estimate of drug-likeness (QED) is 0.325. The monoisotopic (exact) mass is 415 g/mol. The van der Waals surface area contributed by atoms with Crippen molar-refractivity contribution in [2.45, 2.75) is 32.8 Å². The van der Waals surface area contributed by atoms with Gasteiger partial charge < -0.3 is 20.5 Å². The minimum absolute atomic E-state index is 0.0985. The van der Waals surface area contributed by atoms with Crippen molar-refractivity contribution in [2.24, 2.45) is 0 Å². The van der Waals surface area contributed by atoms with Gasteiger partial charge in [-0.05, 0) is 36.6 Å². The second-order valence-corrected chi connectivity index (χ2v) is 6.95. The number of nitro benzene ring substituents is 1. The highest BCUT2D eigenvalue weighted by Crippen LogP contribution is 2.24. The van der Waals surface area contributed by atoms with Crippen LogP contribution in [-0.4, -0.2) is 41.2 Å². The van der Waals surface area contributed by atoms with Crippen molar-refractivity contribution in [1.29, 1.82) is 0 Å². The van der Waals surface area contributed by atoms with E-state index in [1.54, 1.807) is 12.1 Å². The second kappa shape index (κ2) is 10.4. The maximum atomic E-state index is 12.6. The van der Waals surface area contributed by atoms with Crippen molar-refractivity contribution in [3.05, 3.63) is 63.7 Å². The molecule has 1 atom stereocenters. The average Bonchev–Trinajstić information content (AvgIpc) is 2.72. The SMILES string of the molecule is CC(C)c1ccc(NC(=O)[C@H](C)OC(=O)c2cc([N+](=O)[O-])ccc2NCCO)cc1. The Hall–Kier alpha value is -3.46. The van der Waals surface area contributed by atoms with Gasteiger partial charge in [-0.1, -0.05) is 26.0 Å². The number of nitrogens with one attached hydrogen (secondary N) is 2. The van der Waals surface area contributed by atoms with Crippen LogP contribution in [0.1, 0.15) is 42.6 Å². The van der Waals surface area contributed by atoms with E-state index in [0.29, 0.717) is 11.6 Å². The first-order chi connectivity index (χ1) is 14.2. The number of nitrogens with zero attached hydrogens (tertiary/aromatic N) is 1. The van der Waals surface area contributed by atoms with Crippen LogP contribution in [0.3, 0.4) is 0 Å². The summed E-state index contributed by atoms with van der Waals surface area (Å²) in [6, 6.07) is 11.0. The average molecular weight is 415 g/mol. The molecular weight excluding hydrogens is 390 g/mol. The van der Waals surface area contributed by atoms with E-state index >= 15 is 0 Å². The number of amides is 1. The molecule has 2 aromatic rings. The largest absolute Gasteiger partial charge is 0.449 e. The maximum Gasteiger partial charge on any atom is 0.341 e. The number of esters is 1. The number of aliphatic hydroxyl groups is 1. The van der Waals surface area contributed by atoms with Crippen molar-refractivity contribution in [2.75, 3.05) is 23.8 Å². The van der Waals surface area contributed by atoms with E-state index < -0.39 is 22.9 Å². The Balaban J connectivity index is 2.10. The molecule has 0 fully saturated rings. The van der Waals surface area contributed by atoms with Gasteiger partial charge in [0.2, 0.25) is 0 Å². The third kappa shape index (κ3) is 6.02. The summed E-state index contributed by atoms with van der Waals surface area (Å²) in [7, 11) is 0. The van der Waals surface area contributed by atoms with E-state index in [0.717, 1.165) is 11.6 Å². The fraction of sp³-hybridized carbons (Fsp3) is 0.333. The third-order valence-electron chi connectivity index (χ3n) is 4.36. The van der Waals surface area contributed by atoms with E-state index in [4.69, 9.17) is 9.84 Å². The summed E-state index contributed by atoms with van der Waals surface area (Å²) < 4.78 is 5.21. The van der Waals surface area contributed by atoms with Gasteiger partial charge in [-0.2, -0.15) is 0 Å². The standard InChI is InChI=1S/C21H25N3O6/c1-13(2)15-4-6-16(7-5-15)23-20(26)14(3)30-21(27)18-12-17(24(28)29)8-9-19(18)22-10-11-25/h4-9,12-14,22,25H,10-11H2,1-3H3,(H,23,26)/t14-/m0/s1. The molecule has 0 aliphatic carbocycles. The van der Waals surface area contributed by atoms with Gasteiger partial charge in [0.05, 0.1) is 17.1 Å². The van der Waals surface area contributed by atoms with Crippen LogP contribution in [-0.2, 0) is 9.53 Å². The molecule has 0 saturated carbocycles. The molecule has 9 nitrogen and oxygen atoms in total. The molecule has 0 unspecified atom stereocenters. The van der Waals surface area contributed by atoms with E-state index in [2.05, 4.69) is 24.5 Å². The lowest BCUT2D eigenvalue weighted by molar-refractivity contribution is -0.384. The van der Waals surface area contributed by atoms with E-state index in [-0.39, 0.29) is 30.1 Å². The van der Waals surface area contributed by atoms with Gasteiger partial charge in [0.25, 0.3) is 11.6 Å². The summed E-state index contributed by atoms with van der Waals surface area (Å²) >= 11 is 0. The Morgan fingerprint density at radius 1 is 1.13 bits per heavy atom. The number of carbonyl (C=O) groups excluding carboxylic acids is 2. The van der Waals surface area contributed by atoms with Gasteiger partial charge in [0, 0.05) is 30.1 Å². The Bertz CT molecular complexity index is 911. The molecule has 0 bridgehead atoms. The van der Waals surface area contributed by atoms with Crippen molar-refractivity contribution in [1.82, 2.24) is 0 Å². The molecule has 2 rings (SSSR count). The fourth-order valence-corrected chi connectivity index (χ4v) is 2.63. The Morgan fingerprint density at radius 2 is 1.80 bits per heavy atom. The van der Waals surface area contributed by atoms with Crippen LogP contribution in [0, 0.1) is 10.1 Å². The highest BCUT2D eigenvalue weighted by molar-refractivity contribution is 6.00. The van der Waals surface area contributed by atoms with Gasteiger partial charge >= 0.3 is 5.97 Å². The van der Waals surface area contributed by atoms with Crippen LogP contribution in [0.5, 0.6) is 0 Å². The number of anilines is 2. The topological polar surface area (TPSA) is 131 Å². The van der Waals surface area contributed by atoms with Gasteiger partial charge in [-0.15, -0.1) is 0 Å². The van der Waals surface area contributed by atoms with Crippen molar-refractivity contribution in [3.63, 3.8) is 0 Å². The fourth-order valence-electron chi connectivity index (χ4n) is 2.63. The number of aliphatic hydroxyl groups excluding tert-OH is 1. The molecule has 9 heteroatoms. The predicted molar refractivity (Wildman–Crippen MR) is 113 cm³/mol. The molecule has 30 heavy (non-hydrogen) atoms. The lowest BCUT2D eigenvalue weighted by Crippen LogP contribution is -2.30. The van der Waals surface area contributed by atoms with Crippen LogP contribution in [0.2, 0.25) is 0 Å². The third-order valence-corrected chi connectivity index (χ3v) is 4.36. The minimum Gasteiger partial charge on any atom is -0.449 e. The molecule has 0 radical (unpaired) electrons. The van der Waals surface area contributed by atoms with Crippen LogP contribution >= 0.6 is 0 Å². The summed E-state index contributed by atoms with van der Waals surface area (Å²) in [5.74, 6) is -1.06. The van der Waals surface area contributed by atoms with Crippen molar-refractivity contribution >= 4 is 28.9 Å². The first-order valence-corrected chi connectivity index (χ1v) is 9.48. The normalized spacial score (nSPS) is 11.6. The van der Waals surface area contributed by atoms with Crippen LogP contribution in [0.4, 0.5) is 17.1 Å². The summed E-state index contributed by atoms with van der Waals surface area (Å²) in [4.78, 5) is 35.3. The molecule has 0 aliphatic heterocycles. The molecule has 2 aromatic carbocycles. The number of non-ortho nitro benzene ring substituents is 1. The van der Waals surface area contributed by atoms with E-state index in [9.17, 15) is 19.7 Å². The van der Waals surface area contributed by atoms with E-state index in [1.807, 2.05) is 12.1 Å². The van der Waals surface area contributed by atoms with Gasteiger partial charge in [-0.3, -0.25) is 14.9 Å². The minimum atomic E-state index is -1.13. The number of carbonyl (C=O) groups is 2. The molecule has 0 saturated heterocycles. The van der Waals surface area contributed by atoms with Crippen molar-refractivity contribution < 1.29 is 24.4 Å². The Labute approximate surface area is 174 Å². The first kappa shape index (κ1) is 22.8. The highest BCUT2D eigenvalue weighted by Gasteiger charge is 2.23. The van der Waals surface area contributed by atoms with Gasteiger partial charge in [0.15, 0.2) is 6.10 Å². The Morgan fingerprint density at radius 3 is 2.37 bits per heavy atom. The summed E-state index contributed by atoms with van der Waals surface area (Å²) in [5.41, 5.74) is 1.56. The molecule has 0 heterocycles. The zero-order chi connectivity index (χ0) is 22.3. The molecule has 3 N–H and O–H groups in total. The zero-order valence-corrected chi connectivity index (χ0v) is 17.0. The number of hydrogen-bond donors (Lipinski definition) is 3. The first-order valence-electron chi connectivity index (χ1n) is 9.48.